The molecule has 0 atom stereocenters. The highest BCUT2D eigenvalue weighted by Gasteiger charge is 2.02. The number of aliphatic hydroxyl groups is 1. The first-order chi connectivity index (χ1) is 8.83. The fourth-order valence-electron chi connectivity index (χ4n) is 1.98. The lowest BCUT2D eigenvalue weighted by Gasteiger charge is -2.00. The third-order valence-electron chi connectivity index (χ3n) is 3.05. The minimum Gasteiger partial charge on any atom is -0.396 e. The number of hydrogen-bond donors (Lipinski definition) is 3. The van der Waals surface area contributed by atoms with Gasteiger partial charge in [0.25, 0.3) is 0 Å². The van der Waals surface area contributed by atoms with Crippen LogP contribution >= 0.6 is 0 Å². The van der Waals surface area contributed by atoms with Gasteiger partial charge in [0.05, 0.1) is 11.0 Å². The fourth-order valence-corrected chi connectivity index (χ4v) is 1.98. The van der Waals surface area contributed by atoms with Gasteiger partial charge < -0.3 is 15.4 Å². The number of hydrogen-bond acceptors (Lipinski definition) is 3. The number of rotatable bonds is 7. The van der Waals surface area contributed by atoms with Gasteiger partial charge in [-0.05, 0) is 37.1 Å². The number of imidazole rings is 1. The van der Waals surface area contributed by atoms with E-state index in [1.807, 2.05) is 0 Å². The summed E-state index contributed by atoms with van der Waals surface area (Å²) in [6, 6.07) is 6.38. The van der Waals surface area contributed by atoms with Crippen molar-refractivity contribution in [3.8, 4) is 0 Å². The molecular weight excluding hydrogens is 226 g/mol. The Morgan fingerprint density at radius 2 is 2.22 bits per heavy atom. The summed E-state index contributed by atoms with van der Waals surface area (Å²) in [5.41, 5.74) is 3.50. The van der Waals surface area contributed by atoms with Gasteiger partial charge in [0.1, 0.15) is 5.82 Å². The van der Waals surface area contributed by atoms with Crippen molar-refractivity contribution in [2.24, 2.45) is 0 Å². The molecule has 0 aliphatic carbocycles. The van der Waals surface area contributed by atoms with E-state index in [4.69, 9.17) is 5.11 Å². The Morgan fingerprint density at radius 1 is 1.33 bits per heavy atom. The highest BCUT2D eigenvalue weighted by atomic mass is 16.3. The lowest BCUT2D eigenvalue weighted by molar-refractivity contribution is 0.286. The maximum absolute atomic E-state index is 8.67. The highest BCUT2D eigenvalue weighted by Crippen LogP contribution is 2.14. The second-order valence-electron chi connectivity index (χ2n) is 4.47. The molecular formula is C14H21N3O. The zero-order valence-corrected chi connectivity index (χ0v) is 10.9. The molecule has 4 nitrogen and oxygen atoms in total. The second-order valence-corrected chi connectivity index (χ2v) is 4.47. The van der Waals surface area contributed by atoms with Gasteiger partial charge in [0, 0.05) is 19.6 Å². The number of aromatic amines is 1. The average molecular weight is 247 g/mol. The third-order valence-corrected chi connectivity index (χ3v) is 3.05. The normalized spacial score (nSPS) is 11.2. The first kappa shape index (κ1) is 13.1. The fraction of sp³-hybridized carbons (Fsp3) is 0.500. The van der Waals surface area contributed by atoms with Crippen molar-refractivity contribution in [3.63, 3.8) is 0 Å². The first-order valence-corrected chi connectivity index (χ1v) is 6.62. The summed E-state index contributed by atoms with van der Waals surface area (Å²) in [7, 11) is 0. The van der Waals surface area contributed by atoms with E-state index in [2.05, 4.69) is 40.4 Å². The van der Waals surface area contributed by atoms with Crippen molar-refractivity contribution in [2.75, 3.05) is 19.7 Å². The monoisotopic (exact) mass is 247 g/mol. The van der Waals surface area contributed by atoms with Crippen LogP contribution in [0.25, 0.3) is 11.0 Å². The number of nitrogens with one attached hydrogen (secondary N) is 2. The van der Waals surface area contributed by atoms with Crippen molar-refractivity contribution in [1.82, 2.24) is 15.3 Å². The molecule has 0 aliphatic heterocycles. The van der Waals surface area contributed by atoms with Crippen molar-refractivity contribution in [1.29, 1.82) is 0 Å². The summed E-state index contributed by atoms with van der Waals surface area (Å²) in [5, 5.41) is 12.0. The van der Waals surface area contributed by atoms with Gasteiger partial charge in [-0.3, -0.25) is 0 Å². The van der Waals surface area contributed by atoms with Gasteiger partial charge in [-0.1, -0.05) is 13.0 Å². The maximum atomic E-state index is 8.67. The van der Waals surface area contributed by atoms with E-state index in [-0.39, 0.29) is 6.61 Å². The Bertz CT molecular complexity index is 493. The molecule has 0 saturated heterocycles. The van der Waals surface area contributed by atoms with E-state index in [0.29, 0.717) is 0 Å². The molecule has 18 heavy (non-hydrogen) atoms. The number of H-pyrrole nitrogens is 1. The Hall–Kier alpha value is -1.39. The lowest BCUT2D eigenvalue weighted by Crippen LogP contribution is -2.19. The Kier molecular flexibility index (Phi) is 4.73. The first-order valence-electron chi connectivity index (χ1n) is 6.62. The van der Waals surface area contributed by atoms with Crippen LogP contribution in [0.4, 0.5) is 0 Å². The molecule has 0 amide bonds. The second kappa shape index (κ2) is 6.52. The zero-order chi connectivity index (χ0) is 12.8. The number of aryl methyl sites for hydroxylation is 1. The van der Waals surface area contributed by atoms with Crippen LogP contribution in [0.15, 0.2) is 18.2 Å². The molecule has 0 aliphatic rings. The third kappa shape index (κ3) is 3.31. The van der Waals surface area contributed by atoms with Crippen molar-refractivity contribution < 1.29 is 5.11 Å². The van der Waals surface area contributed by atoms with E-state index in [9.17, 15) is 0 Å². The van der Waals surface area contributed by atoms with E-state index in [1.165, 1.54) is 5.56 Å². The standard InChI is InChI=1S/C14H21N3O/c1-2-11-4-5-12-13(10-11)17-14(16-12)6-8-15-7-3-9-18/h4-5,10,15,18H,2-3,6-9H2,1H3,(H,16,17). The van der Waals surface area contributed by atoms with Crippen LogP contribution in [0.3, 0.4) is 0 Å². The molecule has 0 spiro atoms. The predicted octanol–water partition coefficient (Wildman–Crippen LogP) is 1.64. The van der Waals surface area contributed by atoms with Crippen molar-refractivity contribution >= 4 is 11.0 Å². The van der Waals surface area contributed by atoms with Crippen LogP contribution in [0.1, 0.15) is 24.7 Å². The molecule has 1 aromatic carbocycles. The quantitative estimate of drug-likeness (QED) is 0.652. The summed E-state index contributed by atoms with van der Waals surface area (Å²) < 4.78 is 0. The number of aliphatic hydroxyl groups excluding tert-OH is 1. The maximum Gasteiger partial charge on any atom is 0.108 e. The van der Waals surface area contributed by atoms with Crippen molar-refractivity contribution in [2.45, 2.75) is 26.2 Å². The number of nitrogens with zero attached hydrogens (tertiary/aromatic N) is 1. The summed E-state index contributed by atoms with van der Waals surface area (Å²) in [6.07, 6.45) is 2.74. The number of benzene rings is 1. The molecule has 2 aromatic rings. The van der Waals surface area contributed by atoms with Crippen LogP contribution in [0, 0.1) is 0 Å². The van der Waals surface area contributed by atoms with Crippen LogP contribution in [0.5, 0.6) is 0 Å². The lowest BCUT2D eigenvalue weighted by atomic mass is 10.1. The molecule has 2 rings (SSSR count). The van der Waals surface area contributed by atoms with E-state index < -0.39 is 0 Å². The van der Waals surface area contributed by atoms with Crippen LogP contribution < -0.4 is 5.32 Å². The largest absolute Gasteiger partial charge is 0.396 e. The SMILES string of the molecule is CCc1ccc2nc(CCNCCCO)[nH]c2c1. The molecule has 0 unspecified atom stereocenters. The molecule has 0 bridgehead atoms. The van der Waals surface area contributed by atoms with Gasteiger partial charge >= 0.3 is 0 Å². The molecule has 3 N–H and O–H groups in total. The molecule has 0 radical (unpaired) electrons. The Morgan fingerprint density at radius 3 is 3.00 bits per heavy atom. The predicted molar refractivity (Wildman–Crippen MR) is 73.7 cm³/mol. The summed E-state index contributed by atoms with van der Waals surface area (Å²) >= 11 is 0. The Labute approximate surface area is 107 Å². The van der Waals surface area contributed by atoms with Crippen molar-refractivity contribution in [3.05, 3.63) is 29.6 Å². The van der Waals surface area contributed by atoms with Crippen LogP contribution in [-0.2, 0) is 12.8 Å². The van der Waals surface area contributed by atoms with E-state index in [0.717, 1.165) is 49.2 Å². The van der Waals surface area contributed by atoms with Crippen LogP contribution in [-0.4, -0.2) is 34.8 Å². The van der Waals surface area contributed by atoms with Gasteiger partial charge in [-0.15, -0.1) is 0 Å². The molecule has 1 aromatic heterocycles. The van der Waals surface area contributed by atoms with Gasteiger partial charge in [0.2, 0.25) is 0 Å². The van der Waals surface area contributed by atoms with Gasteiger partial charge in [-0.25, -0.2) is 4.98 Å². The van der Waals surface area contributed by atoms with Crippen LogP contribution in [0.2, 0.25) is 0 Å². The van der Waals surface area contributed by atoms with Gasteiger partial charge in [0.15, 0.2) is 0 Å². The average Bonchev–Trinajstić information content (AvgIpc) is 2.80. The minimum absolute atomic E-state index is 0.247. The smallest absolute Gasteiger partial charge is 0.108 e. The molecule has 1 heterocycles. The summed E-state index contributed by atoms with van der Waals surface area (Å²) in [5.74, 6) is 1.02. The molecule has 0 saturated carbocycles. The molecule has 0 fully saturated rings. The zero-order valence-electron chi connectivity index (χ0n) is 10.9. The topological polar surface area (TPSA) is 60.9 Å². The van der Waals surface area contributed by atoms with E-state index >= 15 is 0 Å². The minimum atomic E-state index is 0.247. The summed E-state index contributed by atoms with van der Waals surface area (Å²) in [6.45, 7) is 4.15. The van der Waals surface area contributed by atoms with E-state index in [1.54, 1.807) is 0 Å². The summed E-state index contributed by atoms with van der Waals surface area (Å²) in [4.78, 5) is 7.92. The number of aromatic nitrogens is 2. The Balaban J connectivity index is 1.93. The number of fused-ring (bicyclic) bond motifs is 1. The molecule has 98 valence electrons. The highest BCUT2D eigenvalue weighted by molar-refractivity contribution is 5.75. The van der Waals surface area contributed by atoms with Gasteiger partial charge in [-0.2, -0.15) is 0 Å². The molecule has 4 heteroatoms.